The van der Waals surface area contributed by atoms with Gasteiger partial charge in [0.1, 0.15) is 5.75 Å². The van der Waals surface area contributed by atoms with E-state index in [1.54, 1.807) is 25.3 Å². The number of hydrogen-bond donors (Lipinski definition) is 0. The van der Waals surface area contributed by atoms with Crippen molar-refractivity contribution in [2.75, 3.05) is 6.61 Å². The van der Waals surface area contributed by atoms with E-state index in [-0.39, 0.29) is 11.7 Å². The molecule has 40 heavy (non-hydrogen) atoms. The van der Waals surface area contributed by atoms with Gasteiger partial charge >= 0.3 is 5.97 Å². The summed E-state index contributed by atoms with van der Waals surface area (Å²) in [5, 5.41) is 0. The fourth-order valence-corrected chi connectivity index (χ4v) is 6.18. The molecule has 0 amide bonds. The second-order valence-corrected chi connectivity index (χ2v) is 11.0. The van der Waals surface area contributed by atoms with E-state index in [0.717, 1.165) is 34.0 Å². The topological polar surface area (TPSA) is 74.8 Å². The number of aromatic nitrogens is 2. The molecule has 0 spiro atoms. The summed E-state index contributed by atoms with van der Waals surface area (Å²) < 4.78 is 15.6. The molecular formula is C32H33N3O4S. The van der Waals surface area contributed by atoms with Crippen molar-refractivity contribution in [2.45, 2.75) is 53.7 Å². The summed E-state index contributed by atoms with van der Waals surface area (Å²) in [6, 6.07) is 19.1. The number of allylic oxidation sites excluding steroid dienone is 1. The Balaban J connectivity index is 1.67. The molecule has 0 fully saturated rings. The minimum atomic E-state index is -0.669. The molecule has 0 saturated carbocycles. The highest BCUT2D eigenvalue weighted by atomic mass is 32.1. The second-order valence-electron chi connectivity index (χ2n) is 10.0. The lowest BCUT2D eigenvalue weighted by Gasteiger charge is -2.25. The molecule has 0 radical (unpaired) electrons. The maximum Gasteiger partial charge on any atom is 0.338 e. The highest BCUT2D eigenvalue weighted by Crippen LogP contribution is 2.32. The van der Waals surface area contributed by atoms with Gasteiger partial charge in [-0.1, -0.05) is 41.7 Å². The number of para-hydroxylation sites is 1. The Hall–Kier alpha value is -4.17. The van der Waals surface area contributed by atoms with Gasteiger partial charge in [-0.15, -0.1) is 0 Å². The van der Waals surface area contributed by atoms with Gasteiger partial charge < -0.3 is 14.0 Å². The maximum atomic E-state index is 14.0. The van der Waals surface area contributed by atoms with Crippen molar-refractivity contribution in [2.24, 2.45) is 4.99 Å². The van der Waals surface area contributed by atoms with Gasteiger partial charge in [0.15, 0.2) is 4.80 Å². The number of thiazole rings is 1. The third-order valence-corrected chi connectivity index (χ3v) is 7.85. The number of hydrogen-bond acceptors (Lipinski definition) is 6. The van der Waals surface area contributed by atoms with E-state index in [1.165, 1.54) is 11.3 Å². The zero-order valence-corrected chi connectivity index (χ0v) is 24.4. The fourth-order valence-electron chi connectivity index (χ4n) is 5.14. The Morgan fingerprint density at radius 3 is 2.42 bits per heavy atom. The number of aryl methyl sites for hydroxylation is 1. The summed E-state index contributed by atoms with van der Waals surface area (Å²) in [6.45, 7) is 12.0. The largest absolute Gasteiger partial charge is 0.494 e. The molecule has 0 unspecified atom stereocenters. The average molecular weight is 556 g/mol. The lowest BCUT2D eigenvalue weighted by Crippen LogP contribution is -2.40. The summed E-state index contributed by atoms with van der Waals surface area (Å²) in [5.41, 5.74) is 5.62. The molecule has 0 bridgehead atoms. The lowest BCUT2D eigenvalue weighted by molar-refractivity contribution is -0.143. The Morgan fingerprint density at radius 2 is 1.77 bits per heavy atom. The van der Waals surface area contributed by atoms with Crippen molar-refractivity contribution in [3.05, 3.63) is 114 Å². The molecule has 1 aliphatic heterocycles. The molecule has 2 aromatic heterocycles. The van der Waals surface area contributed by atoms with Crippen LogP contribution >= 0.6 is 11.3 Å². The first kappa shape index (κ1) is 27.4. The van der Waals surface area contributed by atoms with Crippen LogP contribution in [-0.4, -0.2) is 27.8 Å². The van der Waals surface area contributed by atoms with Gasteiger partial charge in [0.25, 0.3) is 5.56 Å². The molecule has 7 nitrogen and oxygen atoms in total. The monoisotopic (exact) mass is 555 g/mol. The molecule has 206 valence electrons. The van der Waals surface area contributed by atoms with Crippen molar-refractivity contribution < 1.29 is 14.3 Å². The number of benzene rings is 2. The first-order valence-electron chi connectivity index (χ1n) is 13.4. The highest BCUT2D eigenvalue weighted by molar-refractivity contribution is 7.07. The summed E-state index contributed by atoms with van der Waals surface area (Å²) in [7, 11) is 0. The normalized spacial score (nSPS) is 15.3. The van der Waals surface area contributed by atoms with Crippen molar-refractivity contribution in [1.82, 2.24) is 9.13 Å². The zero-order chi connectivity index (χ0) is 28.6. The molecule has 5 rings (SSSR count). The first-order valence-corrected chi connectivity index (χ1v) is 14.2. The van der Waals surface area contributed by atoms with Crippen LogP contribution < -0.4 is 19.6 Å². The van der Waals surface area contributed by atoms with E-state index >= 15 is 0 Å². The van der Waals surface area contributed by atoms with Gasteiger partial charge in [-0.3, -0.25) is 9.36 Å². The van der Waals surface area contributed by atoms with E-state index < -0.39 is 12.0 Å². The van der Waals surface area contributed by atoms with Crippen LogP contribution in [0, 0.1) is 13.8 Å². The Labute approximate surface area is 237 Å². The SMILES string of the molecule is CCOc1ccc([C@@H]2C(C(=O)OC(C)C)=C(C)N=c3s/c(=C/c4cc(C)n(-c5ccccc5)c4C)c(=O)n32)cc1. The van der Waals surface area contributed by atoms with Crippen LogP contribution in [0.1, 0.15) is 56.3 Å². The minimum Gasteiger partial charge on any atom is -0.494 e. The maximum absolute atomic E-state index is 14.0. The molecule has 2 aromatic carbocycles. The number of carbonyl (C=O) groups excluding carboxylic acids is 1. The van der Waals surface area contributed by atoms with Crippen molar-refractivity contribution in [1.29, 1.82) is 0 Å². The van der Waals surface area contributed by atoms with Crippen LogP contribution in [-0.2, 0) is 9.53 Å². The zero-order valence-electron chi connectivity index (χ0n) is 23.6. The highest BCUT2D eigenvalue weighted by Gasteiger charge is 2.33. The van der Waals surface area contributed by atoms with Gasteiger partial charge in [-0.25, -0.2) is 9.79 Å². The third kappa shape index (κ3) is 5.07. The van der Waals surface area contributed by atoms with E-state index in [1.807, 2.05) is 55.5 Å². The lowest BCUT2D eigenvalue weighted by atomic mass is 9.96. The second kappa shape index (κ2) is 11.1. The van der Waals surface area contributed by atoms with E-state index in [2.05, 4.69) is 36.6 Å². The van der Waals surface area contributed by atoms with Gasteiger partial charge in [0.2, 0.25) is 0 Å². The number of fused-ring (bicyclic) bond motifs is 1. The molecule has 0 saturated heterocycles. The third-order valence-electron chi connectivity index (χ3n) is 6.86. The summed E-state index contributed by atoms with van der Waals surface area (Å²) in [6.07, 6.45) is 1.62. The summed E-state index contributed by atoms with van der Waals surface area (Å²) >= 11 is 1.33. The van der Waals surface area contributed by atoms with Crippen LogP contribution in [0.5, 0.6) is 5.75 Å². The van der Waals surface area contributed by atoms with Crippen LogP contribution in [0.3, 0.4) is 0 Å². The Morgan fingerprint density at radius 1 is 1.07 bits per heavy atom. The minimum absolute atomic E-state index is 0.200. The van der Waals surface area contributed by atoms with Crippen molar-refractivity contribution >= 4 is 23.4 Å². The van der Waals surface area contributed by atoms with Gasteiger partial charge in [-0.2, -0.15) is 0 Å². The van der Waals surface area contributed by atoms with E-state index in [0.29, 0.717) is 27.2 Å². The standard InChI is InChI=1S/C32H33N3O4S/c1-7-38-26-15-13-23(14-16-26)29-28(31(37)39-19(2)3)21(5)33-32-35(29)30(36)27(40-32)18-24-17-20(4)34(22(24)6)25-11-9-8-10-12-25/h8-19,29H,7H2,1-6H3/b27-18+/t29-/m1/s1. The van der Waals surface area contributed by atoms with Crippen LogP contribution in [0.2, 0.25) is 0 Å². The number of rotatable bonds is 7. The molecular weight excluding hydrogens is 522 g/mol. The number of nitrogens with zero attached hydrogens (tertiary/aromatic N) is 3. The van der Waals surface area contributed by atoms with Crippen LogP contribution in [0.4, 0.5) is 0 Å². The fraction of sp³-hybridized carbons (Fsp3) is 0.281. The van der Waals surface area contributed by atoms with E-state index in [9.17, 15) is 9.59 Å². The summed E-state index contributed by atoms with van der Waals surface area (Å²) in [4.78, 5) is 32.6. The predicted molar refractivity (Wildman–Crippen MR) is 158 cm³/mol. The molecule has 8 heteroatoms. The molecule has 0 N–H and O–H groups in total. The predicted octanol–water partition coefficient (Wildman–Crippen LogP) is 4.99. The van der Waals surface area contributed by atoms with E-state index in [4.69, 9.17) is 14.5 Å². The number of ether oxygens (including phenoxy) is 2. The van der Waals surface area contributed by atoms with Gasteiger partial charge in [0, 0.05) is 17.1 Å². The molecule has 1 aliphatic rings. The molecule has 1 atom stereocenters. The van der Waals surface area contributed by atoms with Gasteiger partial charge in [0.05, 0.1) is 34.6 Å². The number of carbonyl (C=O) groups is 1. The Kier molecular flexibility index (Phi) is 7.63. The molecule has 3 heterocycles. The van der Waals surface area contributed by atoms with Crippen LogP contribution in [0.15, 0.2) is 81.7 Å². The molecule has 0 aliphatic carbocycles. The van der Waals surface area contributed by atoms with Crippen molar-refractivity contribution in [3.8, 4) is 11.4 Å². The smallest absolute Gasteiger partial charge is 0.338 e. The van der Waals surface area contributed by atoms with Crippen LogP contribution in [0.25, 0.3) is 11.8 Å². The molecule has 4 aromatic rings. The van der Waals surface area contributed by atoms with Crippen molar-refractivity contribution in [3.63, 3.8) is 0 Å². The Bertz CT molecular complexity index is 1770. The summed E-state index contributed by atoms with van der Waals surface area (Å²) in [5.74, 6) is 0.246. The quantitative estimate of drug-likeness (QED) is 0.301. The number of esters is 1. The average Bonchev–Trinajstić information content (AvgIpc) is 3.37. The first-order chi connectivity index (χ1) is 19.2. The van der Waals surface area contributed by atoms with Gasteiger partial charge in [-0.05, 0) is 89.1 Å².